The van der Waals surface area contributed by atoms with Gasteiger partial charge in [0.15, 0.2) is 0 Å². The van der Waals surface area contributed by atoms with E-state index in [4.69, 9.17) is 4.42 Å². The van der Waals surface area contributed by atoms with Crippen LogP contribution in [0.2, 0.25) is 0 Å². The van der Waals surface area contributed by atoms with E-state index in [1.165, 1.54) is 6.26 Å². The van der Waals surface area contributed by atoms with Crippen LogP contribution in [0.15, 0.2) is 87.0 Å². The van der Waals surface area contributed by atoms with Gasteiger partial charge in [0.05, 0.1) is 17.0 Å². The second kappa shape index (κ2) is 7.40. The molecule has 7 nitrogen and oxygen atoms in total. The Morgan fingerprint density at radius 1 is 0.964 bits per heavy atom. The van der Waals surface area contributed by atoms with Gasteiger partial charge >= 0.3 is 0 Å². The number of nitrogens with one attached hydrogen (secondary N) is 2. The van der Waals surface area contributed by atoms with Gasteiger partial charge < -0.3 is 9.73 Å². The number of hydrogen-bond acceptors (Lipinski definition) is 4. The number of fused-ring (bicyclic) bond motifs is 1. The van der Waals surface area contributed by atoms with Crippen molar-refractivity contribution >= 4 is 16.7 Å². The number of nitrogens with zero attached hydrogens (tertiary/aromatic N) is 1. The number of aromatic amines is 1. The van der Waals surface area contributed by atoms with Gasteiger partial charge in [-0.15, -0.1) is 0 Å². The molecule has 2 aromatic heterocycles. The predicted molar refractivity (Wildman–Crippen MR) is 104 cm³/mol. The molecule has 0 fully saturated rings. The first-order valence-corrected chi connectivity index (χ1v) is 8.73. The largest absolute Gasteiger partial charge is 0.467 e. The number of aromatic nitrogens is 2. The van der Waals surface area contributed by atoms with Crippen LogP contribution >= 0.6 is 0 Å². The lowest BCUT2D eigenvalue weighted by atomic mass is 10.0. The minimum absolute atomic E-state index is 0.268. The number of amides is 1. The molecular formula is C21H17N3O4. The summed E-state index contributed by atoms with van der Waals surface area (Å²) in [5.74, 6) is 0.136. The van der Waals surface area contributed by atoms with Crippen molar-refractivity contribution in [3.63, 3.8) is 0 Å². The fraction of sp³-hybridized carbons (Fsp3) is 0.0952. The molecule has 0 spiro atoms. The Hall–Kier alpha value is -3.87. The zero-order valence-corrected chi connectivity index (χ0v) is 14.8. The van der Waals surface area contributed by atoms with Crippen molar-refractivity contribution in [3.8, 4) is 0 Å². The zero-order valence-electron chi connectivity index (χ0n) is 14.8. The molecule has 0 saturated heterocycles. The molecule has 2 N–H and O–H groups in total. The van der Waals surface area contributed by atoms with Crippen molar-refractivity contribution in [1.82, 2.24) is 15.1 Å². The molecular weight excluding hydrogens is 358 g/mol. The third-order valence-electron chi connectivity index (χ3n) is 4.45. The summed E-state index contributed by atoms with van der Waals surface area (Å²) in [5, 5.41) is 5.89. The molecule has 0 bridgehead atoms. The SMILES string of the molecule is O=C(Cn1[nH]c(=O)c2ccccc2c1=O)NC(c1ccccc1)c1ccco1. The van der Waals surface area contributed by atoms with E-state index >= 15 is 0 Å². The van der Waals surface area contributed by atoms with Crippen molar-refractivity contribution in [2.24, 2.45) is 0 Å². The van der Waals surface area contributed by atoms with Crippen LogP contribution in [0, 0.1) is 0 Å². The van der Waals surface area contributed by atoms with Gasteiger partial charge in [-0.05, 0) is 29.8 Å². The van der Waals surface area contributed by atoms with E-state index in [1.54, 1.807) is 36.4 Å². The molecule has 0 aliphatic heterocycles. The molecule has 140 valence electrons. The van der Waals surface area contributed by atoms with E-state index in [9.17, 15) is 14.4 Å². The van der Waals surface area contributed by atoms with E-state index in [0.717, 1.165) is 10.2 Å². The summed E-state index contributed by atoms with van der Waals surface area (Å²) < 4.78 is 6.48. The molecule has 0 aliphatic rings. The van der Waals surface area contributed by atoms with Crippen LogP contribution in [-0.4, -0.2) is 15.7 Å². The van der Waals surface area contributed by atoms with Crippen LogP contribution in [0.5, 0.6) is 0 Å². The first-order chi connectivity index (χ1) is 13.6. The fourth-order valence-corrected chi connectivity index (χ4v) is 3.13. The van der Waals surface area contributed by atoms with Crippen LogP contribution in [0.1, 0.15) is 17.4 Å². The smallest absolute Gasteiger partial charge is 0.273 e. The van der Waals surface area contributed by atoms with Gasteiger partial charge in [0, 0.05) is 0 Å². The Morgan fingerprint density at radius 3 is 2.39 bits per heavy atom. The molecule has 28 heavy (non-hydrogen) atoms. The van der Waals surface area contributed by atoms with Gasteiger partial charge in [-0.1, -0.05) is 42.5 Å². The summed E-state index contributed by atoms with van der Waals surface area (Å²) in [5.41, 5.74) is -0.0154. The van der Waals surface area contributed by atoms with E-state index in [1.807, 2.05) is 30.3 Å². The van der Waals surface area contributed by atoms with Crippen molar-refractivity contribution in [2.45, 2.75) is 12.6 Å². The highest BCUT2D eigenvalue weighted by molar-refractivity contribution is 5.81. The number of furan rings is 1. The highest BCUT2D eigenvalue weighted by Gasteiger charge is 2.20. The lowest BCUT2D eigenvalue weighted by Gasteiger charge is -2.17. The number of H-pyrrole nitrogens is 1. The lowest BCUT2D eigenvalue weighted by molar-refractivity contribution is -0.122. The maximum atomic E-state index is 12.7. The van der Waals surface area contributed by atoms with Crippen molar-refractivity contribution in [2.75, 3.05) is 0 Å². The average molecular weight is 375 g/mol. The van der Waals surface area contributed by atoms with Crippen LogP contribution in [0.3, 0.4) is 0 Å². The maximum Gasteiger partial charge on any atom is 0.273 e. The molecule has 4 rings (SSSR count). The van der Waals surface area contributed by atoms with Crippen LogP contribution < -0.4 is 16.4 Å². The van der Waals surface area contributed by atoms with E-state index in [0.29, 0.717) is 11.1 Å². The molecule has 2 aromatic carbocycles. The number of hydrogen-bond donors (Lipinski definition) is 2. The standard InChI is InChI=1S/C21H17N3O4/c25-18(13-24-21(27)16-10-5-4-9-15(16)20(26)23-24)22-19(17-11-6-12-28-17)14-7-2-1-3-8-14/h1-12,19H,13H2,(H,22,25)(H,23,26). The summed E-state index contributed by atoms with van der Waals surface area (Å²) in [6.07, 6.45) is 1.53. The van der Waals surface area contributed by atoms with Crippen LogP contribution in [0.25, 0.3) is 10.8 Å². The van der Waals surface area contributed by atoms with Gasteiger partial charge in [0.1, 0.15) is 18.3 Å². The Morgan fingerprint density at radius 2 is 1.68 bits per heavy atom. The Balaban J connectivity index is 1.63. The van der Waals surface area contributed by atoms with Crippen LogP contribution in [0.4, 0.5) is 0 Å². The molecule has 0 saturated carbocycles. The molecule has 1 unspecified atom stereocenters. The molecule has 2 heterocycles. The number of carbonyl (C=O) groups excluding carboxylic acids is 1. The summed E-state index contributed by atoms with van der Waals surface area (Å²) >= 11 is 0. The first-order valence-electron chi connectivity index (χ1n) is 8.73. The highest BCUT2D eigenvalue weighted by atomic mass is 16.3. The third-order valence-corrected chi connectivity index (χ3v) is 4.45. The Kier molecular flexibility index (Phi) is 4.63. The number of rotatable bonds is 5. The van der Waals surface area contributed by atoms with E-state index in [2.05, 4.69) is 10.4 Å². The topological polar surface area (TPSA) is 97.1 Å². The molecule has 7 heteroatoms. The quantitative estimate of drug-likeness (QED) is 0.559. The van der Waals surface area contributed by atoms with Gasteiger partial charge in [0.2, 0.25) is 5.91 Å². The number of carbonyl (C=O) groups is 1. The summed E-state index contributed by atoms with van der Waals surface area (Å²) in [6, 6.07) is 18.8. The number of benzene rings is 2. The second-order valence-corrected chi connectivity index (χ2v) is 6.30. The zero-order chi connectivity index (χ0) is 19.5. The minimum Gasteiger partial charge on any atom is -0.467 e. The van der Waals surface area contributed by atoms with Crippen LogP contribution in [-0.2, 0) is 11.3 Å². The normalized spacial score (nSPS) is 12.0. The second-order valence-electron chi connectivity index (χ2n) is 6.30. The average Bonchev–Trinajstić information content (AvgIpc) is 3.25. The third kappa shape index (κ3) is 3.37. The monoisotopic (exact) mass is 375 g/mol. The van der Waals surface area contributed by atoms with Crippen molar-refractivity contribution in [3.05, 3.63) is 105 Å². The predicted octanol–water partition coefficient (Wildman–Crippen LogP) is 2.19. The maximum absolute atomic E-state index is 12.7. The van der Waals surface area contributed by atoms with Gasteiger partial charge in [-0.3, -0.25) is 19.5 Å². The minimum atomic E-state index is -0.508. The Bertz CT molecular complexity index is 1220. The summed E-state index contributed by atoms with van der Waals surface area (Å²) in [6.45, 7) is -0.317. The van der Waals surface area contributed by atoms with Crippen molar-refractivity contribution < 1.29 is 9.21 Å². The summed E-state index contributed by atoms with van der Waals surface area (Å²) in [4.78, 5) is 37.5. The highest BCUT2D eigenvalue weighted by Crippen LogP contribution is 2.22. The molecule has 1 amide bonds. The van der Waals surface area contributed by atoms with Gasteiger partial charge in [-0.2, -0.15) is 0 Å². The molecule has 0 aliphatic carbocycles. The Labute approximate surface area is 159 Å². The van der Waals surface area contributed by atoms with Gasteiger partial charge in [0.25, 0.3) is 11.1 Å². The fourth-order valence-electron chi connectivity index (χ4n) is 3.13. The lowest BCUT2D eigenvalue weighted by Crippen LogP contribution is -2.38. The molecule has 0 radical (unpaired) electrons. The van der Waals surface area contributed by atoms with Crippen molar-refractivity contribution in [1.29, 1.82) is 0 Å². The molecule has 1 atom stereocenters. The van der Waals surface area contributed by atoms with Gasteiger partial charge in [-0.25, -0.2) is 4.68 Å². The van der Waals surface area contributed by atoms with E-state index < -0.39 is 23.1 Å². The molecule has 4 aromatic rings. The summed E-state index contributed by atoms with van der Waals surface area (Å²) in [7, 11) is 0. The first kappa shape index (κ1) is 17.5. The van der Waals surface area contributed by atoms with E-state index in [-0.39, 0.29) is 11.9 Å².